The number of aromatic amines is 1. The molecule has 2 aromatic carbocycles. The summed E-state index contributed by atoms with van der Waals surface area (Å²) in [7, 11) is 1.76. The molecule has 2 aliphatic heterocycles. The molecule has 0 amide bonds. The zero-order valence-electron chi connectivity index (χ0n) is 20.3. The van der Waals surface area contributed by atoms with E-state index in [0.717, 1.165) is 37.2 Å². The average molecular weight is 460 g/mol. The zero-order valence-corrected chi connectivity index (χ0v) is 20.3. The Morgan fingerprint density at radius 3 is 2.65 bits per heavy atom. The van der Waals surface area contributed by atoms with Crippen molar-refractivity contribution < 1.29 is 14.6 Å². The number of hydrogen-bond acceptors (Lipinski definition) is 4. The van der Waals surface area contributed by atoms with Crippen molar-refractivity contribution in [1.82, 2.24) is 14.8 Å². The average Bonchev–Trinajstić information content (AvgIpc) is 3.22. The number of nitrogens with zero attached hydrogens (tertiary/aromatic N) is 2. The van der Waals surface area contributed by atoms with Crippen LogP contribution in [0.5, 0.6) is 5.75 Å². The molecule has 2 saturated heterocycles. The summed E-state index contributed by atoms with van der Waals surface area (Å²) in [5.41, 5.74) is 5.53. The molecule has 3 fully saturated rings. The van der Waals surface area contributed by atoms with E-state index >= 15 is 0 Å². The van der Waals surface area contributed by atoms with Crippen molar-refractivity contribution in [3.05, 3.63) is 64.8 Å². The monoisotopic (exact) mass is 459 g/mol. The Balaban J connectivity index is 1.38. The predicted octanol–water partition coefficient (Wildman–Crippen LogP) is 4.70. The third kappa shape index (κ3) is 3.19. The smallest absolute Gasteiger partial charge is 0.335 e. The summed E-state index contributed by atoms with van der Waals surface area (Å²) < 4.78 is 5.86. The van der Waals surface area contributed by atoms with Crippen molar-refractivity contribution in [3.63, 3.8) is 0 Å². The van der Waals surface area contributed by atoms with Crippen molar-refractivity contribution in [1.29, 1.82) is 0 Å². The Kier molecular flexibility index (Phi) is 4.84. The van der Waals surface area contributed by atoms with E-state index in [-0.39, 0.29) is 6.04 Å². The summed E-state index contributed by atoms with van der Waals surface area (Å²) in [6.45, 7) is 10.9. The number of rotatable bonds is 5. The van der Waals surface area contributed by atoms with Crippen LogP contribution in [0, 0.1) is 24.2 Å². The standard InChI is InChI=1S/C28H33N3O3/c1-16-11-24(34-4)20(19-9-10-29-26(16)19)12-30-15-23-25-21(28(25,2)3)13-31(23)14-22(30)17-5-7-18(8-6-17)27(32)33/h5-11,21-23,25,29H,12-15H2,1-4H3,(H,32,33)/t21-,22-,23+,25-/m1/s1. The first-order valence-electron chi connectivity index (χ1n) is 12.2. The molecule has 6 rings (SSSR count). The minimum atomic E-state index is -0.881. The summed E-state index contributed by atoms with van der Waals surface area (Å²) in [4.78, 5) is 20.1. The highest BCUT2D eigenvalue weighted by Gasteiger charge is 2.67. The zero-order chi connectivity index (χ0) is 23.8. The maximum atomic E-state index is 11.4. The fourth-order valence-electron chi connectivity index (χ4n) is 6.98. The van der Waals surface area contributed by atoms with Crippen LogP contribution in [0.15, 0.2) is 42.6 Å². The lowest BCUT2D eigenvalue weighted by Crippen LogP contribution is -2.54. The van der Waals surface area contributed by atoms with Gasteiger partial charge in [-0.3, -0.25) is 9.80 Å². The molecule has 3 heterocycles. The number of methoxy groups -OCH3 is 1. The van der Waals surface area contributed by atoms with Gasteiger partial charge in [0.15, 0.2) is 0 Å². The number of nitrogens with one attached hydrogen (secondary N) is 1. The topological polar surface area (TPSA) is 68.8 Å². The fraction of sp³-hybridized carbons (Fsp3) is 0.464. The molecule has 34 heavy (non-hydrogen) atoms. The molecule has 6 heteroatoms. The molecule has 1 aliphatic carbocycles. The van der Waals surface area contributed by atoms with Crippen LogP contribution in [0.3, 0.4) is 0 Å². The number of fused-ring (bicyclic) bond motifs is 4. The molecular weight excluding hydrogens is 426 g/mol. The van der Waals surface area contributed by atoms with Gasteiger partial charge in [0.25, 0.3) is 0 Å². The van der Waals surface area contributed by atoms with Gasteiger partial charge in [0.1, 0.15) is 5.75 Å². The molecule has 1 saturated carbocycles. The van der Waals surface area contributed by atoms with E-state index < -0.39 is 5.97 Å². The molecular formula is C28H33N3O3. The van der Waals surface area contributed by atoms with E-state index in [2.05, 4.69) is 47.7 Å². The van der Waals surface area contributed by atoms with Gasteiger partial charge in [-0.25, -0.2) is 4.79 Å². The number of H-pyrrole nitrogens is 1. The first-order valence-corrected chi connectivity index (χ1v) is 12.2. The Bertz CT molecular complexity index is 1260. The maximum absolute atomic E-state index is 11.4. The summed E-state index contributed by atoms with van der Waals surface area (Å²) >= 11 is 0. The second kappa shape index (κ2) is 7.59. The third-order valence-electron chi connectivity index (χ3n) is 8.96. The number of piperidine rings is 1. The molecule has 3 aliphatic rings. The van der Waals surface area contributed by atoms with E-state index in [0.29, 0.717) is 17.0 Å². The molecule has 3 aromatic rings. The van der Waals surface area contributed by atoms with Crippen LogP contribution in [-0.2, 0) is 6.54 Å². The van der Waals surface area contributed by atoms with Crippen LogP contribution in [0.2, 0.25) is 0 Å². The van der Waals surface area contributed by atoms with Crippen LogP contribution in [0.25, 0.3) is 10.9 Å². The van der Waals surface area contributed by atoms with Gasteiger partial charge in [-0.2, -0.15) is 0 Å². The normalized spacial score (nSPS) is 28.0. The second-order valence-electron chi connectivity index (χ2n) is 11.0. The predicted molar refractivity (Wildman–Crippen MR) is 132 cm³/mol. The number of ether oxygens (including phenoxy) is 1. The summed E-state index contributed by atoms with van der Waals surface area (Å²) in [6, 6.07) is 12.6. The number of aromatic nitrogens is 1. The molecule has 6 nitrogen and oxygen atoms in total. The van der Waals surface area contributed by atoms with Gasteiger partial charge >= 0.3 is 5.97 Å². The van der Waals surface area contributed by atoms with Crippen molar-refractivity contribution in [2.45, 2.75) is 39.4 Å². The van der Waals surface area contributed by atoms with Crippen molar-refractivity contribution in [3.8, 4) is 5.75 Å². The second-order valence-corrected chi connectivity index (χ2v) is 11.0. The molecule has 2 N–H and O–H groups in total. The Hall–Kier alpha value is -2.83. The summed E-state index contributed by atoms with van der Waals surface area (Å²) in [6.07, 6.45) is 2.01. The van der Waals surface area contributed by atoms with Gasteiger partial charge in [0.05, 0.1) is 12.7 Å². The first-order chi connectivity index (χ1) is 16.3. The fourth-order valence-corrected chi connectivity index (χ4v) is 6.98. The number of aryl methyl sites for hydroxylation is 1. The number of hydrogen-bond donors (Lipinski definition) is 2. The van der Waals surface area contributed by atoms with Crippen LogP contribution < -0.4 is 4.74 Å². The van der Waals surface area contributed by atoms with Gasteiger partial charge in [-0.15, -0.1) is 0 Å². The molecule has 0 spiro atoms. The minimum absolute atomic E-state index is 0.208. The lowest BCUT2D eigenvalue weighted by Gasteiger charge is -2.46. The SMILES string of the molecule is COc1cc(C)c2[nH]ccc2c1CN1C[C@H]2[C@H]3[C@@H](CN2C[C@@H]1c1ccc(C(=O)O)cc1)C3(C)C. The van der Waals surface area contributed by atoms with E-state index in [1.54, 1.807) is 19.2 Å². The largest absolute Gasteiger partial charge is 0.496 e. The molecule has 178 valence electrons. The number of benzene rings is 2. The van der Waals surface area contributed by atoms with E-state index in [1.165, 1.54) is 34.1 Å². The van der Waals surface area contributed by atoms with E-state index in [4.69, 9.17) is 4.74 Å². The van der Waals surface area contributed by atoms with Crippen molar-refractivity contribution >= 4 is 16.9 Å². The van der Waals surface area contributed by atoms with E-state index in [9.17, 15) is 9.90 Å². The van der Waals surface area contributed by atoms with Crippen LogP contribution in [0.1, 0.15) is 46.9 Å². The van der Waals surface area contributed by atoms with Crippen molar-refractivity contribution in [2.24, 2.45) is 17.3 Å². The van der Waals surface area contributed by atoms with Gasteiger partial charge in [0, 0.05) is 60.9 Å². The van der Waals surface area contributed by atoms with E-state index in [1.807, 2.05) is 18.3 Å². The lowest BCUT2D eigenvalue weighted by molar-refractivity contribution is 0.0209. The number of aromatic carboxylic acids is 1. The van der Waals surface area contributed by atoms with Gasteiger partial charge in [-0.1, -0.05) is 26.0 Å². The van der Waals surface area contributed by atoms with Gasteiger partial charge in [0.2, 0.25) is 0 Å². The summed E-state index contributed by atoms with van der Waals surface area (Å²) in [5.74, 6) is 1.60. The number of carboxylic acid groups (broad SMARTS) is 1. The number of piperazine rings is 1. The molecule has 0 radical (unpaired) electrons. The van der Waals surface area contributed by atoms with Crippen LogP contribution in [0.4, 0.5) is 0 Å². The Morgan fingerprint density at radius 2 is 1.94 bits per heavy atom. The first kappa shape index (κ1) is 21.7. The Labute approximate surface area is 200 Å². The minimum Gasteiger partial charge on any atom is -0.496 e. The highest BCUT2D eigenvalue weighted by atomic mass is 16.5. The molecule has 4 atom stereocenters. The van der Waals surface area contributed by atoms with Crippen molar-refractivity contribution in [2.75, 3.05) is 26.7 Å². The van der Waals surface area contributed by atoms with Crippen LogP contribution in [-0.4, -0.2) is 58.6 Å². The highest BCUT2D eigenvalue weighted by molar-refractivity contribution is 5.88. The Morgan fingerprint density at radius 1 is 1.18 bits per heavy atom. The highest BCUT2D eigenvalue weighted by Crippen LogP contribution is 2.65. The molecule has 0 bridgehead atoms. The van der Waals surface area contributed by atoms with Crippen LogP contribution >= 0.6 is 0 Å². The number of carboxylic acids is 1. The quantitative estimate of drug-likeness (QED) is 0.579. The lowest BCUT2D eigenvalue weighted by atomic mass is 9.93. The van der Waals surface area contributed by atoms with Gasteiger partial charge < -0.3 is 14.8 Å². The molecule has 0 unspecified atom stereocenters. The summed E-state index contributed by atoms with van der Waals surface area (Å²) in [5, 5.41) is 10.6. The molecule has 1 aromatic heterocycles. The van der Waals surface area contributed by atoms with Gasteiger partial charge in [-0.05, 0) is 59.6 Å². The number of carbonyl (C=O) groups is 1. The third-order valence-corrected chi connectivity index (χ3v) is 8.96. The maximum Gasteiger partial charge on any atom is 0.335 e.